The molecule has 1 atom stereocenters. The Labute approximate surface area is 262 Å². The minimum atomic E-state index is -0.206. The number of amides is 3. The molecule has 3 amide bonds. The van der Waals surface area contributed by atoms with Gasteiger partial charge in [0, 0.05) is 54.5 Å². The van der Waals surface area contributed by atoms with E-state index in [9.17, 15) is 14.4 Å². The predicted octanol–water partition coefficient (Wildman–Crippen LogP) is 4.67. The highest BCUT2D eigenvalue weighted by Crippen LogP contribution is 2.38. The van der Waals surface area contributed by atoms with Crippen LogP contribution in [0.15, 0.2) is 51.7 Å². The summed E-state index contributed by atoms with van der Waals surface area (Å²) < 4.78 is 6.44. The average molecular weight is 625 g/mol. The van der Waals surface area contributed by atoms with Gasteiger partial charge in [0.2, 0.25) is 5.91 Å². The van der Waals surface area contributed by atoms with Crippen LogP contribution in [0.1, 0.15) is 66.5 Å². The number of nitrogens with two attached hydrogens (primary N) is 1. The molecule has 1 aromatic heterocycles. The maximum atomic E-state index is 13.4. The Morgan fingerprint density at radius 2 is 1.74 bits per heavy atom. The van der Waals surface area contributed by atoms with Gasteiger partial charge in [-0.1, -0.05) is 56.0 Å². The summed E-state index contributed by atoms with van der Waals surface area (Å²) in [6.45, 7) is 15.3. The van der Waals surface area contributed by atoms with E-state index in [0.717, 1.165) is 21.2 Å². The Morgan fingerprint density at radius 1 is 1.09 bits per heavy atom. The van der Waals surface area contributed by atoms with E-state index in [1.54, 1.807) is 30.0 Å². The van der Waals surface area contributed by atoms with E-state index in [4.69, 9.17) is 4.74 Å². The number of anilines is 1. The van der Waals surface area contributed by atoms with Crippen LogP contribution < -0.4 is 15.4 Å². The lowest BCUT2D eigenvalue weighted by molar-refractivity contribution is -0.712. The minimum absolute atomic E-state index is 0.0206. The standard InChI is InChI=1S/C32H41N5O4S2/c1-20-16-26(41-7)25(30(40)37-14-12-36(13-15-37)22(3)38)17-27(20)42-28-19-34-31(43-28)35-29(39)24-10-8-23(9-11-24)18-33-21(2)32(4,5)6/h8-11,16-17,19,21,33H,12-15,18H2,1-7H3,(H,34,35,39)/p+1/t21-/m0/s1. The number of nitrogens with zero attached hydrogens (tertiary/aromatic N) is 3. The van der Waals surface area contributed by atoms with E-state index in [1.165, 1.54) is 28.7 Å². The molecule has 3 N–H and O–H groups in total. The number of carbonyl (C=O) groups excluding carboxylic acids is 3. The maximum Gasteiger partial charge on any atom is 0.257 e. The van der Waals surface area contributed by atoms with E-state index in [2.05, 4.69) is 43.3 Å². The van der Waals surface area contributed by atoms with Crippen molar-refractivity contribution in [1.82, 2.24) is 14.8 Å². The third kappa shape index (κ3) is 8.36. The highest BCUT2D eigenvalue weighted by atomic mass is 32.2. The number of quaternary nitrogens is 1. The number of nitrogens with one attached hydrogen (secondary N) is 1. The molecule has 43 heavy (non-hydrogen) atoms. The number of piperazine rings is 1. The molecule has 2 aromatic carbocycles. The van der Waals surface area contributed by atoms with E-state index in [0.29, 0.717) is 54.2 Å². The lowest BCUT2D eigenvalue weighted by Gasteiger charge is -2.34. The van der Waals surface area contributed by atoms with Crippen molar-refractivity contribution in [1.29, 1.82) is 0 Å². The molecule has 9 nitrogen and oxygen atoms in total. The van der Waals surface area contributed by atoms with E-state index < -0.39 is 0 Å². The second kappa shape index (κ2) is 13.9. The fourth-order valence-electron chi connectivity index (χ4n) is 4.60. The molecule has 0 saturated carbocycles. The number of carbonyl (C=O) groups is 3. The van der Waals surface area contributed by atoms with Crippen LogP contribution in [0.3, 0.4) is 0 Å². The number of methoxy groups -OCH3 is 1. The molecule has 230 valence electrons. The quantitative estimate of drug-likeness (QED) is 0.359. The smallest absolute Gasteiger partial charge is 0.257 e. The van der Waals surface area contributed by atoms with Gasteiger partial charge in [0.1, 0.15) is 12.3 Å². The minimum Gasteiger partial charge on any atom is -0.496 e. The van der Waals surface area contributed by atoms with Crippen molar-refractivity contribution in [2.75, 3.05) is 38.6 Å². The number of hydrogen-bond donors (Lipinski definition) is 2. The molecule has 1 aliphatic rings. The lowest BCUT2D eigenvalue weighted by atomic mass is 9.88. The van der Waals surface area contributed by atoms with Crippen LogP contribution in [0, 0.1) is 12.3 Å². The molecular formula is C32H42N5O4S2+. The summed E-state index contributed by atoms with van der Waals surface area (Å²) in [5, 5.41) is 5.74. The van der Waals surface area contributed by atoms with E-state index in [-0.39, 0.29) is 23.1 Å². The SMILES string of the molecule is COc1cc(C)c(Sc2cnc(NC(=O)c3ccc(C[NH2+][C@@H](C)C(C)(C)C)cc3)s2)cc1C(=O)N1CCN(C(C)=O)CC1. The number of benzene rings is 2. The van der Waals surface area contributed by atoms with Crippen molar-refractivity contribution < 1.29 is 24.4 Å². The van der Waals surface area contributed by atoms with Crippen molar-refractivity contribution in [3.05, 3.63) is 64.8 Å². The molecule has 0 radical (unpaired) electrons. The van der Waals surface area contributed by atoms with Crippen molar-refractivity contribution >= 4 is 46.0 Å². The van der Waals surface area contributed by atoms with Gasteiger partial charge in [0.25, 0.3) is 11.8 Å². The normalized spacial score (nSPS) is 14.4. The Kier molecular flexibility index (Phi) is 10.5. The first-order valence-electron chi connectivity index (χ1n) is 14.5. The van der Waals surface area contributed by atoms with Gasteiger partial charge >= 0.3 is 0 Å². The molecule has 0 unspecified atom stereocenters. The summed E-state index contributed by atoms with van der Waals surface area (Å²) in [6.07, 6.45) is 1.73. The molecule has 4 rings (SSSR count). The van der Waals surface area contributed by atoms with Crippen LogP contribution in [0.25, 0.3) is 0 Å². The average Bonchev–Trinajstić information content (AvgIpc) is 3.42. The van der Waals surface area contributed by atoms with Gasteiger partial charge in [-0.25, -0.2) is 4.98 Å². The fraction of sp³-hybridized carbons (Fsp3) is 0.438. The van der Waals surface area contributed by atoms with Crippen LogP contribution in [-0.2, 0) is 11.3 Å². The number of aromatic nitrogens is 1. The molecule has 11 heteroatoms. The van der Waals surface area contributed by atoms with Gasteiger partial charge < -0.3 is 19.9 Å². The summed E-state index contributed by atoms with van der Waals surface area (Å²) in [6, 6.07) is 11.9. The van der Waals surface area contributed by atoms with E-state index >= 15 is 0 Å². The second-order valence-corrected chi connectivity index (χ2v) is 14.3. The van der Waals surface area contributed by atoms with Gasteiger partial charge in [0.05, 0.1) is 29.1 Å². The van der Waals surface area contributed by atoms with Gasteiger partial charge in [-0.15, -0.1) is 0 Å². The topological polar surface area (TPSA) is 108 Å². The largest absolute Gasteiger partial charge is 0.496 e. The Morgan fingerprint density at radius 3 is 2.35 bits per heavy atom. The van der Waals surface area contributed by atoms with Crippen molar-refractivity contribution in [2.45, 2.75) is 63.2 Å². The highest BCUT2D eigenvalue weighted by Gasteiger charge is 2.26. The molecule has 0 aliphatic carbocycles. The Hall–Kier alpha value is -3.41. The molecule has 1 fully saturated rings. The van der Waals surface area contributed by atoms with Crippen LogP contribution in [0.4, 0.5) is 5.13 Å². The number of rotatable bonds is 9. The zero-order valence-electron chi connectivity index (χ0n) is 26.0. The first-order chi connectivity index (χ1) is 20.3. The van der Waals surface area contributed by atoms with E-state index in [1.807, 2.05) is 43.3 Å². The van der Waals surface area contributed by atoms with Crippen LogP contribution in [-0.4, -0.2) is 71.8 Å². The van der Waals surface area contributed by atoms with Gasteiger partial charge in [0.15, 0.2) is 5.13 Å². The summed E-state index contributed by atoms with van der Waals surface area (Å²) in [5.74, 6) is 0.215. The number of aryl methyl sites for hydroxylation is 1. The summed E-state index contributed by atoms with van der Waals surface area (Å²) in [4.78, 5) is 46.9. The molecule has 1 saturated heterocycles. The van der Waals surface area contributed by atoms with Gasteiger partial charge in [-0.05, 0) is 43.7 Å². The van der Waals surface area contributed by atoms with Crippen LogP contribution in [0.2, 0.25) is 0 Å². The second-order valence-electron chi connectivity index (χ2n) is 11.9. The number of hydrogen-bond acceptors (Lipinski definition) is 7. The third-order valence-corrected chi connectivity index (χ3v) is 10.1. The zero-order valence-corrected chi connectivity index (χ0v) is 27.7. The molecule has 0 bridgehead atoms. The summed E-state index contributed by atoms with van der Waals surface area (Å²) in [7, 11) is 1.56. The van der Waals surface area contributed by atoms with Crippen LogP contribution in [0.5, 0.6) is 5.75 Å². The van der Waals surface area contributed by atoms with Crippen LogP contribution >= 0.6 is 23.1 Å². The monoisotopic (exact) mass is 624 g/mol. The zero-order chi connectivity index (χ0) is 31.3. The summed E-state index contributed by atoms with van der Waals surface area (Å²) >= 11 is 2.88. The maximum absolute atomic E-state index is 13.4. The Bertz CT molecular complexity index is 1460. The first-order valence-corrected chi connectivity index (χ1v) is 16.1. The van der Waals surface area contributed by atoms with Gasteiger partial charge in [-0.2, -0.15) is 0 Å². The number of ether oxygens (including phenoxy) is 1. The van der Waals surface area contributed by atoms with Gasteiger partial charge in [-0.3, -0.25) is 19.7 Å². The first kappa shape index (κ1) is 32.5. The molecule has 1 aliphatic heterocycles. The fourth-order valence-corrected chi connectivity index (χ4v) is 6.54. The van der Waals surface area contributed by atoms with Crippen molar-refractivity contribution in [2.24, 2.45) is 5.41 Å². The molecule has 2 heterocycles. The highest BCUT2D eigenvalue weighted by molar-refractivity contribution is 8.01. The molecular weight excluding hydrogens is 583 g/mol. The summed E-state index contributed by atoms with van der Waals surface area (Å²) in [5.41, 5.74) is 3.43. The molecule has 0 spiro atoms. The van der Waals surface area contributed by atoms with Crippen molar-refractivity contribution in [3.8, 4) is 5.75 Å². The molecule has 3 aromatic rings. The predicted molar refractivity (Wildman–Crippen MR) is 171 cm³/mol. The van der Waals surface area contributed by atoms with Crippen molar-refractivity contribution in [3.63, 3.8) is 0 Å². The number of thiazole rings is 1. The lowest BCUT2D eigenvalue weighted by Crippen LogP contribution is -2.90. The Balaban J connectivity index is 1.39. The third-order valence-electron chi connectivity index (χ3n) is 7.94.